The van der Waals surface area contributed by atoms with Crippen LogP contribution in [0.5, 0.6) is 5.75 Å². The Labute approximate surface area is 110 Å². The third-order valence-electron chi connectivity index (χ3n) is 2.88. The molecule has 1 saturated heterocycles. The maximum absolute atomic E-state index is 11.2. The van der Waals surface area contributed by atoms with Crippen molar-refractivity contribution in [1.29, 1.82) is 0 Å². The fourth-order valence-corrected chi connectivity index (χ4v) is 3.13. The van der Waals surface area contributed by atoms with Crippen LogP contribution in [0.4, 0.5) is 0 Å². The SMILES string of the molecule is COc1ccc(C(=O)O)c(SC2CCOCC2)c1. The zero-order valence-electron chi connectivity index (χ0n) is 10.2. The second kappa shape index (κ2) is 6.11. The second-order valence-corrected chi connectivity index (χ2v) is 5.44. The smallest absolute Gasteiger partial charge is 0.336 e. The number of ether oxygens (including phenoxy) is 2. The third-order valence-corrected chi connectivity index (χ3v) is 4.28. The lowest BCUT2D eigenvalue weighted by molar-refractivity contribution is 0.0693. The van der Waals surface area contributed by atoms with E-state index in [2.05, 4.69) is 0 Å². The van der Waals surface area contributed by atoms with Crippen molar-refractivity contribution in [2.45, 2.75) is 23.0 Å². The number of thioether (sulfide) groups is 1. The molecular weight excluding hydrogens is 252 g/mol. The van der Waals surface area contributed by atoms with E-state index < -0.39 is 5.97 Å². The minimum absolute atomic E-state index is 0.340. The molecule has 4 nitrogen and oxygen atoms in total. The molecule has 0 radical (unpaired) electrons. The van der Waals surface area contributed by atoms with Gasteiger partial charge in [0, 0.05) is 23.4 Å². The van der Waals surface area contributed by atoms with Crippen LogP contribution in [0.25, 0.3) is 0 Å². The number of hydrogen-bond acceptors (Lipinski definition) is 4. The van der Waals surface area contributed by atoms with Gasteiger partial charge < -0.3 is 14.6 Å². The largest absolute Gasteiger partial charge is 0.497 e. The number of hydrogen-bond donors (Lipinski definition) is 1. The lowest BCUT2D eigenvalue weighted by Crippen LogP contribution is -2.17. The summed E-state index contributed by atoms with van der Waals surface area (Å²) in [5, 5.41) is 9.60. The van der Waals surface area contributed by atoms with E-state index >= 15 is 0 Å². The average molecular weight is 268 g/mol. The summed E-state index contributed by atoms with van der Waals surface area (Å²) >= 11 is 1.61. The fraction of sp³-hybridized carbons (Fsp3) is 0.462. The minimum atomic E-state index is -0.896. The van der Waals surface area contributed by atoms with Crippen LogP contribution >= 0.6 is 11.8 Å². The molecule has 1 aromatic rings. The molecule has 1 heterocycles. The first kappa shape index (κ1) is 13.2. The molecule has 0 unspecified atom stereocenters. The highest BCUT2D eigenvalue weighted by Crippen LogP contribution is 2.34. The number of aromatic carboxylic acids is 1. The van der Waals surface area contributed by atoms with Gasteiger partial charge in [0.1, 0.15) is 5.75 Å². The standard InChI is InChI=1S/C13H16O4S/c1-16-9-2-3-11(13(14)15)12(8-9)18-10-4-6-17-7-5-10/h2-3,8,10H,4-7H2,1H3,(H,14,15). The summed E-state index contributed by atoms with van der Waals surface area (Å²) in [5.41, 5.74) is 0.340. The molecule has 2 rings (SSSR count). The van der Waals surface area contributed by atoms with Crippen LogP contribution in [0, 0.1) is 0 Å². The molecule has 18 heavy (non-hydrogen) atoms. The van der Waals surface area contributed by atoms with Gasteiger partial charge in [-0.2, -0.15) is 0 Å². The van der Waals surface area contributed by atoms with E-state index in [1.165, 1.54) is 0 Å². The van der Waals surface area contributed by atoms with Gasteiger partial charge in [0.15, 0.2) is 0 Å². The van der Waals surface area contributed by atoms with E-state index in [-0.39, 0.29) is 0 Å². The number of methoxy groups -OCH3 is 1. The Balaban J connectivity index is 2.19. The van der Waals surface area contributed by atoms with Crippen LogP contribution in [0.2, 0.25) is 0 Å². The third kappa shape index (κ3) is 3.17. The van der Waals surface area contributed by atoms with Crippen molar-refractivity contribution >= 4 is 17.7 Å². The van der Waals surface area contributed by atoms with E-state index in [4.69, 9.17) is 9.47 Å². The predicted octanol–water partition coefficient (Wildman–Crippen LogP) is 2.66. The molecule has 0 aromatic heterocycles. The molecule has 0 aliphatic carbocycles. The van der Waals surface area contributed by atoms with Crippen molar-refractivity contribution in [3.05, 3.63) is 23.8 Å². The van der Waals surface area contributed by atoms with E-state index in [0.717, 1.165) is 31.0 Å². The number of benzene rings is 1. The van der Waals surface area contributed by atoms with Crippen LogP contribution in [0.1, 0.15) is 23.2 Å². The molecule has 0 bridgehead atoms. The van der Waals surface area contributed by atoms with Gasteiger partial charge in [-0.1, -0.05) is 0 Å². The van der Waals surface area contributed by atoms with Gasteiger partial charge in [-0.15, -0.1) is 11.8 Å². The predicted molar refractivity (Wildman–Crippen MR) is 69.7 cm³/mol. The monoisotopic (exact) mass is 268 g/mol. The summed E-state index contributed by atoms with van der Waals surface area (Å²) in [6, 6.07) is 5.07. The summed E-state index contributed by atoms with van der Waals surface area (Å²) in [4.78, 5) is 12.0. The molecule has 0 amide bonds. The van der Waals surface area contributed by atoms with Gasteiger partial charge in [0.25, 0.3) is 0 Å². The molecular formula is C13H16O4S. The summed E-state index contributed by atoms with van der Waals surface area (Å²) in [7, 11) is 1.58. The van der Waals surface area contributed by atoms with Gasteiger partial charge in [-0.25, -0.2) is 4.79 Å². The molecule has 1 aromatic carbocycles. The van der Waals surface area contributed by atoms with Crippen LogP contribution in [0.15, 0.2) is 23.1 Å². The van der Waals surface area contributed by atoms with Gasteiger partial charge in [-0.3, -0.25) is 0 Å². The van der Waals surface area contributed by atoms with Crippen molar-refractivity contribution < 1.29 is 19.4 Å². The Morgan fingerprint density at radius 3 is 2.78 bits per heavy atom. The zero-order chi connectivity index (χ0) is 13.0. The molecule has 1 N–H and O–H groups in total. The van der Waals surface area contributed by atoms with Crippen molar-refractivity contribution in [3.63, 3.8) is 0 Å². The maximum Gasteiger partial charge on any atom is 0.336 e. The number of carboxylic acids is 1. The highest BCUT2D eigenvalue weighted by atomic mass is 32.2. The first-order valence-corrected chi connectivity index (χ1v) is 6.74. The van der Waals surface area contributed by atoms with E-state index in [0.29, 0.717) is 16.6 Å². The van der Waals surface area contributed by atoms with Crippen LogP contribution in [0.3, 0.4) is 0 Å². The molecule has 1 aliphatic rings. The second-order valence-electron chi connectivity index (χ2n) is 4.10. The molecule has 0 saturated carbocycles. The van der Waals surface area contributed by atoms with E-state index in [9.17, 15) is 9.90 Å². The molecule has 1 fully saturated rings. The average Bonchev–Trinajstić information content (AvgIpc) is 2.39. The zero-order valence-corrected chi connectivity index (χ0v) is 11.0. The van der Waals surface area contributed by atoms with Gasteiger partial charge >= 0.3 is 5.97 Å². The van der Waals surface area contributed by atoms with Crippen molar-refractivity contribution in [3.8, 4) is 5.75 Å². The van der Waals surface area contributed by atoms with Gasteiger partial charge in [-0.05, 0) is 31.0 Å². The molecule has 0 spiro atoms. The maximum atomic E-state index is 11.2. The number of rotatable bonds is 4. The Kier molecular flexibility index (Phi) is 4.49. The molecule has 1 aliphatic heterocycles. The summed E-state index contributed by atoms with van der Waals surface area (Å²) in [6.45, 7) is 1.51. The Hall–Kier alpha value is -1.20. The first-order chi connectivity index (χ1) is 8.70. The van der Waals surface area contributed by atoms with Gasteiger partial charge in [0.2, 0.25) is 0 Å². The summed E-state index contributed by atoms with van der Waals surface area (Å²) in [5.74, 6) is -0.207. The summed E-state index contributed by atoms with van der Waals surface area (Å²) in [6.07, 6.45) is 1.92. The molecule has 0 atom stereocenters. The lowest BCUT2D eigenvalue weighted by Gasteiger charge is -2.22. The highest BCUT2D eigenvalue weighted by Gasteiger charge is 2.19. The minimum Gasteiger partial charge on any atom is -0.497 e. The highest BCUT2D eigenvalue weighted by molar-refractivity contribution is 8.00. The molecule has 5 heteroatoms. The van der Waals surface area contributed by atoms with Crippen molar-refractivity contribution in [2.75, 3.05) is 20.3 Å². The van der Waals surface area contributed by atoms with Crippen LogP contribution in [-0.2, 0) is 4.74 Å². The number of carbonyl (C=O) groups is 1. The quantitative estimate of drug-likeness (QED) is 0.909. The van der Waals surface area contributed by atoms with E-state index in [1.54, 1.807) is 37.1 Å². The van der Waals surface area contributed by atoms with Crippen LogP contribution < -0.4 is 4.74 Å². The number of carboxylic acid groups (broad SMARTS) is 1. The van der Waals surface area contributed by atoms with Crippen molar-refractivity contribution in [1.82, 2.24) is 0 Å². The van der Waals surface area contributed by atoms with E-state index in [1.807, 2.05) is 0 Å². The fourth-order valence-electron chi connectivity index (χ4n) is 1.88. The van der Waals surface area contributed by atoms with Crippen molar-refractivity contribution in [2.24, 2.45) is 0 Å². The first-order valence-electron chi connectivity index (χ1n) is 5.86. The molecule has 98 valence electrons. The van der Waals surface area contributed by atoms with Gasteiger partial charge in [0.05, 0.1) is 12.7 Å². The normalized spacial score (nSPS) is 16.5. The van der Waals surface area contributed by atoms with Crippen LogP contribution in [-0.4, -0.2) is 36.6 Å². The Morgan fingerprint density at radius 2 is 2.17 bits per heavy atom. The Bertz CT molecular complexity index is 427. The lowest BCUT2D eigenvalue weighted by atomic mass is 10.2. The Morgan fingerprint density at radius 1 is 1.44 bits per heavy atom. The summed E-state index contributed by atoms with van der Waals surface area (Å²) < 4.78 is 10.5. The topological polar surface area (TPSA) is 55.8 Å².